The minimum atomic E-state index is -0.940. The second-order valence-corrected chi connectivity index (χ2v) is 4.52. The highest BCUT2D eigenvalue weighted by Crippen LogP contribution is 2.30. The molecule has 0 spiro atoms. The summed E-state index contributed by atoms with van der Waals surface area (Å²) in [4.78, 5) is 22.3. The normalized spacial score (nSPS) is 17.3. The fraction of sp³-hybridized carbons (Fsp3) is 0.385. The van der Waals surface area contributed by atoms with E-state index in [1.54, 1.807) is 6.07 Å². The Morgan fingerprint density at radius 1 is 1.33 bits per heavy atom. The van der Waals surface area contributed by atoms with Crippen molar-refractivity contribution in [2.24, 2.45) is 11.5 Å². The van der Waals surface area contributed by atoms with Crippen molar-refractivity contribution in [2.75, 3.05) is 13.2 Å². The SMILES string of the molecule is Cl.NC(=O)CC(N)C(=O)NCC1COc2ccccc2O1. The van der Waals surface area contributed by atoms with Crippen LogP contribution in [-0.2, 0) is 9.59 Å². The van der Waals surface area contributed by atoms with Gasteiger partial charge in [0.15, 0.2) is 11.5 Å². The molecule has 0 radical (unpaired) electrons. The van der Waals surface area contributed by atoms with Gasteiger partial charge in [-0.3, -0.25) is 9.59 Å². The minimum Gasteiger partial charge on any atom is -0.486 e. The summed E-state index contributed by atoms with van der Waals surface area (Å²) in [5.41, 5.74) is 10.5. The van der Waals surface area contributed by atoms with E-state index in [1.807, 2.05) is 18.2 Å². The van der Waals surface area contributed by atoms with Crippen molar-refractivity contribution in [1.82, 2.24) is 5.32 Å². The first-order valence-electron chi connectivity index (χ1n) is 6.26. The number of hydrogen-bond acceptors (Lipinski definition) is 5. The molecule has 0 saturated carbocycles. The van der Waals surface area contributed by atoms with Crippen molar-refractivity contribution in [2.45, 2.75) is 18.6 Å². The van der Waals surface area contributed by atoms with Crippen LogP contribution in [0.5, 0.6) is 11.5 Å². The molecule has 0 aliphatic carbocycles. The van der Waals surface area contributed by atoms with Crippen LogP contribution in [0.3, 0.4) is 0 Å². The molecular weight excluding hydrogens is 298 g/mol. The third-order valence-corrected chi connectivity index (χ3v) is 2.83. The molecule has 1 aromatic rings. The maximum absolute atomic E-state index is 11.6. The van der Waals surface area contributed by atoms with Crippen LogP contribution in [0.1, 0.15) is 6.42 Å². The molecule has 0 fully saturated rings. The van der Waals surface area contributed by atoms with Gasteiger partial charge in [0.25, 0.3) is 0 Å². The van der Waals surface area contributed by atoms with Crippen LogP contribution in [0.2, 0.25) is 0 Å². The number of benzene rings is 1. The molecular formula is C13H18ClN3O4. The fourth-order valence-electron chi connectivity index (χ4n) is 1.82. The molecule has 0 saturated heterocycles. The van der Waals surface area contributed by atoms with Gasteiger partial charge in [-0.2, -0.15) is 0 Å². The Labute approximate surface area is 128 Å². The van der Waals surface area contributed by atoms with E-state index in [0.717, 1.165) is 0 Å². The van der Waals surface area contributed by atoms with Crippen molar-refractivity contribution >= 4 is 24.2 Å². The summed E-state index contributed by atoms with van der Waals surface area (Å²) < 4.78 is 11.2. The number of amides is 2. The zero-order valence-corrected chi connectivity index (χ0v) is 12.1. The fourth-order valence-corrected chi connectivity index (χ4v) is 1.82. The molecule has 21 heavy (non-hydrogen) atoms. The number of carbonyl (C=O) groups is 2. The van der Waals surface area contributed by atoms with Crippen LogP contribution in [0, 0.1) is 0 Å². The number of fused-ring (bicyclic) bond motifs is 1. The molecule has 2 amide bonds. The molecule has 0 bridgehead atoms. The molecule has 2 unspecified atom stereocenters. The standard InChI is InChI=1S/C13H17N3O4.ClH/c14-9(5-12(15)17)13(18)16-6-8-7-19-10-3-1-2-4-11(10)20-8;/h1-4,8-9H,5-7,14H2,(H2,15,17)(H,16,18);1H. The summed E-state index contributed by atoms with van der Waals surface area (Å²) in [6.07, 6.45) is -0.480. The van der Waals surface area contributed by atoms with Crippen LogP contribution in [0.15, 0.2) is 24.3 Å². The molecule has 1 heterocycles. The first-order chi connectivity index (χ1) is 9.56. The molecule has 5 N–H and O–H groups in total. The van der Waals surface area contributed by atoms with Gasteiger partial charge in [-0.15, -0.1) is 12.4 Å². The molecule has 1 aromatic carbocycles. The Kier molecular flexibility index (Phi) is 6.26. The predicted molar refractivity (Wildman–Crippen MR) is 78.4 cm³/mol. The highest BCUT2D eigenvalue weighted by molar-refractivity contribution is 5.87. The van der Waals surface area contributed by atoms with Crippen LogP contribution in [-0.4, -0.2) is 37.1 Å². The van der Waals surface area contributed by atoms with Gasteiger partial charge in [0.05, 0.1) is 19.0 Å². The lowest BCUT2D eigenvalue weighted by Gasteiger charge is -2.26. The molecule has 1 aliphatic heterocycles. The number of halogens is 1. The van der Waals surface area contributed by atoms with Crippen LogP contribution >= 0.6 is 12.4 Å². The van der Waals surface area contributed by atoms with E-state index in [-0.39, 0.29) is 31.5 Å². The van der Waals surface area contributed by atoms with E-state index in [2.05, 4.69) is 5.32 Å². The predicted octanol–water partition coefficient (Wildman–Crippen LogP) is -0.433. The Balaban J connectivity index is 0.00000220. The van der Waals surface area contributed by atoms with Gasteiger partial charge in [-0.25, -0.2) is 0 Å². The molecule has 2 atom stereocenters. The second-order valence-electron chi connectivity index (χ2n) is 4.52. The van der Waals surface area contributed by atoms with Gasteiger partial charge in [-0.1, -0.05) is 12.1 Å². The third kappa shape index (κ3) is 4.80. The number of para-hydroxylation sites is 2. The smallest absolute Gasteiger partial charge is 0.237 e. The van der Waals surface area contributed by atoms with Crippen LogP contribution in [0.4, 0.5) is 0 Å². The van der Waals surface area contributed by atoms with Gasteiger partial charge < -0.3 is 26.3 Å². The van der Waals surface area contributed by atoms with E-state index < -0.39 is 17.9 Å². The van der Waals surface area contributed by atoms with Crippen molar-refractivity contribution in [3.63, 3.8) is 0 Å². The largest absolute Gasteiger partial charge is 0.486 e. The molecule has 8 heteroatoms. The number of nitrogens with one attached hydrogen (secondary N) is 1. The average Bonchev–Trinajstić information content (AvgIpc) is 2.43. The lowest BCUT2D eigenvalue weighted by atomic mass is 10.2. The molecule has 116 valence electrons. The van der Waals surface area contributed by atoms with Crippen molar-refractivity contribution in [3.8, 4) is 11.5 Å². The number of primary amides is 1. The number of rotatable bonds is 5. The highest BCUT2D eigenvalue weighted by Gasteiger charge is 2.22. The van der Waals surface area contributed by atoms with Crippen molar-refractivity contribution < 1.29 is 19.1 Å². The van der Waals surface area contributed by atoms with Gasteiger partial charge in [-0.05, 0) is 12.1 Å². The summed E-state index contributed by atoms with van der Waals surface area (Å²) in [6.45, 7) is 0.585. The highest BCUT2D eigenvalue weighted by atomic mass is 35.5. The zero-order chi connectivity index (χ0) is 14.5. The molecule has 1 aliphatic rings. The Morgan fingerprint density at radius 2 is 2.00 bits per heavy atom. The van der Waals surface area contributed by atoms with E-state index in [4.69, 9.17) is 20.9 Å². The first-order valence-corrected chi connectivity index (χ1v) is 6.26. The van der Waals surface area contributed by atoms with E-state index in [9.17, 15) is 9.59 Å². The quantitative estimate of drug-likeness (QED) is 0.681. The van der Waals surface area contributed by atoms with Gasteiger partial charge in [0, 0.05) is 0 Å². The Morgan fingerprint density at radius 3 is 2.67 bits per heavy atom. The van der Waals surface area contributed by atoms with E-state index in [0.29, 0.717) is 18.1 Å². The average molecular weight is 316 g/mol. The number of nitrogens with two attached hydrogens (primary N) is 2. The van der Waals surface area contributed by atoms with Gasteiger partial charge in [0.1, 0.15) is 12.7 Å². The van der Waals surface area contributed by atoms with Crippen molar-refractivity contribution in [1.29, 1.82) is 0 Å². The summed E-state index contributed by atoms with van der Waals surface area (Å²) in [6, 6.07) is 6.36. The van der Waals surface area contributed by atoms with Gasteiger partial charge in [0.2, 0.25) is 11.8 Å². The third-order valence-electron chi connectivity index (χ3n) is 2.83. The summed E-state index contributed by atoms with van der Waals surface area (Å²) in [5, 5.41) is 2.61. The second kappa shape index (κ2) is 7.70. The summed E-state index contributed by atoms with van der Waals surface area (Å²) >= 11 is 0. The van der Waals surface area contributed by atoms with Gasteiger partial charge >= 0.3 is 0 Å². The number of hydrogen-bond donors (Lipinski definition) is 3. The lowest BCUT2D eigenvalue weighted by molar-refractivity contribution is -0.126. The Bertz CT molecular complexity index is 512. The van der Waals surface area contributed by atoms with Crippen LogP contribution in [0.25, 0.3) is 0 Å². The maximum atomic E-state index is 11.6. The minimum absolute atomic E-state index is 0. The zero-order valence-electron chi connectivity index (χ0n) is 11.3. The summed E-state index contributed by atoms with van der Waals surface area (Å²) in [5.74, 6) is 0.269. The summed E-state index contributed by atoms with van der Waals surface area (Å²) in [7, 11) is 0. The lowest BCUT2D eigenvalue weighted by Crippen LogP contribution is -2.47. The molecule has 2 rings (SSSR count). The molecule has 7 nitrogen and oxygen atoms in total. The van der Waals surface area contributed by atoms with E-state index in [1.165, 1.54) is 0 Å². The molecule has 0 aromatic heterocycles. The maximum Gasteiger partial charge on any atom is 0.237 e. The topological polar surface area (TPSA) is 117 Å². The first kappa shape index (κ1) is 17.1. The monoisotopic (exact) mass is 315 g/mol. The number of ether oxygens (including phenoxy) is 2. The van der Waals surface area contributed by atoms with Crippen molar-refractivity contribution in [3.05, 3.63) is 24.3 Å². The number of carbonyl (C=O) groups excluding carboxylic acids is 2. The van der Waals surface area contributed by atoms with Crippen LogP contribution < -0.4 is 26.3 Å². The Hall–Kier alpha value is -1.99. The van der Waals surface area contributed by atoms with E-state index >= 15 is 0 Å².